The molecule has 8 atom stereocenters. The minimum atomic E-state index is -0.563. The Morgan fingerprint density at radius 3 is 2.25 bits per heavy atom. The van der Waals surface area contributed by atoms with E-state index in [0.29, 0.717) is 16.7 Å². The van der Waals surface area contributed by atoms with Crippen LogP contribution in [0.15, 0.2) is 29.6 Å². The highest BCUT2D eigenvalue weighted by atomic mass is 32.1. The first-order chi connectivity index (χ1) is 22.3. The second kappa shape index (κ2) is 21.9. The van der Waals surface area contributed by atoms with E-state index in [1.54, 1.807) is 11.3 Å². The summed E-state index contributed by atoms with van der Waals surface area (Å²) in [6.45, 7) is 23.6. The number of carbonyl (C=O) groups is 1. The molecule has 0 radical (unpaired) electrons. The van der Waals surface area contributed by atoms with Crippen molar-refractivity contribution in [3.63, 3.8) is 0 Å². The molecule has 1 aromatic heterocycles. The number of aliphatic hydroxyl groups is 1. The molecule has 3 aliphatic carbocycles. The summed E-state index contributed by atoms with van der Waals surface area (Å²) in [7, 11) is 0. The third-order valence-electron chi connectivity index (χ3n) is 12.2. The summed E-state index contributed by atoms with van der Waals surface area (Å²) in [5.74, 6) is 5.77. The first kappa shape index (κ1) is 44.8. The van der Waals surface area contributed by atoms with E-state index in [0.717, 1.165) is 53.8 Å². The van der Waals surface area contributed by atoms with Crippen LogP contribution in [-0.4, -0.2) is 17.6 Å². The van der Waals surface area contributed by atoms with Gasteiger partial charge in [-0.25, -0.2) is 0 Å². The maximum absolute atomic E-state index is 10.4. The largest absolute Gasteiger partial charge is 0.379 e. The second-order valence-electron chi connectivity index (χ2n) is 16.6. The Hall–Kier alpha value is -1.23. The van der Waals surface area contributed by atoms with Gasteiger partial charge in [0.25, 0.3) is 0 Å². The molecule has 3 saturated carbocycles. The van der Waals surface area contributed by atoms with Gasteiger partial charge in [-0.1, -0.05) is 127 Å². The average molecular weight is 686 g/mol. The molecular weight excluding hydrogens is 607 g/mol. The molecular formula is C44H79NO2S. The predicted octanol–water partition coefficient (Wildman–Crippen LogP) is 13.6. The van der Waals surface area contributed by atoms with Gasteiger partial charge in [-0.15, -0.1) is 11.3 Å². The van der Waals surface area contributed by atoms with Gasteiger partial charge in [0.2, 0.25) is 0 Å². The van der Waals surface area contributed by atoms with E-state index < -0.39 is 6.23 Å². The zero-order valence-electron chi connectivity index (χ0n) is 32.3. The summed E-state index contributed by atoms with van der Waals surface area (Å²) in [5, 5.41) is 12.2. The highest BCUT2D eigenvalue weighted by Gasteiger charge is 2.43. The Morgan fingerprint density at radius 1 is 1.00 bits per heavy atom. The molecule has 7 unspecified atom stereocenters. The van der Waals surface area contributed by atoms with Crippen LogP contribution in [0.3, 0.4) is 0 Å². The summed E-state index contributed by atoms with van der Waals surface area (Å²) in [5.41, 5.74) is 7.33. The molecule has 5 rings (SSSR count). The Kier molecular flexibility index (Phi) is 20.4. The molecule has 3 fully saturated rings. The summed E-state index contributed by atoms with van der Waals surface area (Å²) >= 11 is 1.66. The van der Waals surface area contributed by atoms with Gasteiger partial charge in [-0.2, -0.15) is 0 Å². The molecule has 1 aromatic carbocycles. The minimum Gasteiger partial charge on any atom is -0.379 e. The van der Waals surface area contributed by atoms with Gasteiger partial charge < -0.3 is 10.8 Å². The number of hydrogen-bond donors (Lipinski definition) is 2. The summed E-state index contributed by atoms with van der Waals surface area (Å²) in [4.78, 5) is 10.4. The van der Waals surface area contributed by atoms with Gasteiger partial charge in [0, 0.05) is 16.2 Å². The zero-order valence-corrected chi connectivity index (χ0v) is 33.1. The third kappa shape index (κ3) is 13.5. The van der Waals surface area contributed by atoms with E-state index in [-0.39, 0.29) is 7.43 Å². The third-order valence-corrected chi connectivity index (χ3v) is 13.1. The zero-order chi connectivity index (χ0) is 35.2. The molecule has 48 heavy (non-hydrogen) atoms. The highest BCUT2D eigenvalue weighted by molar-refractivity contribution is 7.17. The van der Waals surface area contributed by atoms with E-state index in [9.17, 15) is 4.79 Å². The summed E-state index contributed by atoms with van der Waals surface area (Å²) in [6.07, 6.45) is 20.1. The number of nitrogens with two attached hydrogens (primary N) is 1. The molecule has 3 nitrogen and oxygen atoms in total. The smallest absolute Gasteiger partial charge is 0.150 e. The maximum Gasteiger partial charge on any atom is 0.150 e. The lowest BCUT2D eigenvalue weighted by atomic mass is 9.60. The first-order valence-electron chi connectivity index (χ1n) is 19.7. The molecule has 3 N–H and O–H groups in total. The fourth-order valence-corrected chi connectivity index (χ4v) is 10.2. The highest BCUT2D eigenvalue weighted by Crippen LogP contribution is 2.53. The monoisotopic (exact) mass is 686 g/mol. The van der Waals surface area contributed by atoms with Crippen LogP contribution in [0.4, 0.5) is 0 Å². The van der Waals surface area contributed by atoms with Crippen molar-refractivity contribution < 1.29 is 9.90 Å². The average Bonchev–Trinajstić information content (AvgIpc) is 3.51. The van der Waals surface area contributed by atoms with E-state index in [2.05, 4.69) is 61.5 Å². The van der Waals surface area contributed by atoms with Gasteiger partial charge >= 0.3 is 0 Å². The molecule has 2 aromatic rings. The maximum atomic E-state index is 10.4. The van der Waals surface area contributed by atoms with Crippen molar-refractivity contribution in [1.29, 1.82) is 0 Å². The van der Waals surface area contributed by atoms with Crippen LogP contribution < -0.4 is 5.73 Å². The van der Waals surface area contributed by atoms with Crippen molar-refractivity contribution in [2.45, 2.75) is 173 Å². The number of fused-ring (bicyclic) bond motifs is 1. The number of aldehydes is 1. The lowest BCUT2D eigenvalue weighted by Crippen LogP contribution is -2.36. The van der Waals surface area contributed by atoms with Crippen molar-refractivity contribution >= 4 is 27.7 Å². The summed E-state index contributed by atoms with van der Waals surface area (Å²) < 4.78 is 1.18. The molecule has 0 spiro atoms. The molecule has 0 saturated heterocycles. The van der Waals surface area contributed by atoms with Crippen LogP contribution in [0, 0.1) is 52.3 Å². The van der Waals surface area contributed by atoms with E-state index >= 15 is 0 Å². The van der Waals surface area contributed by atoms with Gasteiger partial charge in [-0.05, 0) is 121 Å². The summed E-state index contributed by atoms with van der Waals surface area (Å²) in [6, 6.07) is 7.76. The number of aliphatic hydroxyl groups excluding tert-OH is 1. The molecule has 0 amide bonds. The number of hydrogen-bond acceptors (Lipinski definition) is 4. The molecule has 278 valence electrons. The molecule has 0 aliphatic heterocycles. The van der Waals surface area contributed by atoms with Crippen molar-refractivity contribution in [1.82, 2.24) is 0 Å². The molecule has 0 bridgehead atoms. The van der Waals surface area contributed by atoms with Gasteiger partial charge in [0.15, 0.2) is 0 Å². The van der Waals surface area contributed by atoms with Crippen molar-refractivity contribution in [2.75, 3.05) is 0 Å². The molecule has 3 aliphatic rings. The normalized spacial score (nSPS) is 27.5. The van der Waals surface area contributed by atoms with Crippen molar-refractivity contribution in [2.24, 2.45) is 58.0 Å². The van der Waals surface area contributed by atoms with Crippen molar-refractivity contribution in [3.05, 3.63) is 35.2 Å². The SMILES string of the molecule is C.CC.CC(C)CCC1CC1C(N)O.CCCC1(C)CCCC1C(C)C[C@H](CC)C1CCCCC1(C)C.O=Cc1ccc2ccsc2c1. The number of thiophene rings is 1. The Balaban J connectivity index is 0.000000385. The van der Waals surface area contributed by atoms with Crippen LogP contribution in [-0.2, 0) is 0 Å². The number of rotatable bonds is 12. The standard InChI is InChI=1S/C23H44.C9H19NO.C9H6OS.C2H6.CH4/c1-7-14-23(6)16-11-13-20(23)18(3)17-19(8-2)21-12-9-10-15-22(21,4)5;1-6(2)3-4-7-5-8(7)9(10)11;10-6-7-1-2-8-3-4-11-9(8)5-7;1-2;/h18-21H,7-17H2,1-6H3;6-9,11H,3-5,10H2,1-2H3;1-6H;1-2H3;1H4/t18?,19-,20?,21?,23?;;;;/m0..../s1. The van der Waals surface area contributed by atoms with Crippen LogP contribution in [0.5, 0.6) is 0 Å². The topological polar surface area (TPSA) is 63.3 Å². The Morgan fingerprint density at radius 2 is 1.69 bits per heavy atom. The lowest BCUT2D eigenvalue weighted by Gasteiger charge is -2.45. The Bertz CT molecular complexity index is 1140. The second-order valence-corrected chi connectivity index (χ2v) is 17.5. The number of carbonyl (C=O) groups excluding carboxylic acids is 1. The minimum absolute atomic E-state index is 0. The van der Waals surface area contributed by atoms with Gasteiger partial charge in [0.1, 0.15) is 12.5 Å². The predicted molar refractivity (Wildman–Crippen MR) is 215 cm³/mol. The Labute approximate surface area is 302 Å². The molecule has 4 heteroatoms. The van der Waals surface area contributed by atoms with Gasteiger partial charge in [0.05, 0.1) is 0 Å². The van der Waals surface area contributed by atoms with E-state index in [1.807, 2.05) is 37.4 Å². The van der Waals surface area contributed by atoms with Crippen LogP contribution in [0.1, 0.15) is 177 Å². The molecule has 1 heterocycles. The van der Waals surface area contributed by atoms with Crippen LogP contribution in [0.2, 0.25) is 0 Å². The lowest BCUT2D eigenvalue weighted by molar-refractivity contribution is 0.0497. The quantitative estimate of drug-likeness (QED) is 0.173. The van der Waals surface area contributed by atoms with Crippen LogP contribution in [0.25, 0.3) is 10.1 Å². The fourth-order valence-electron chi connectivity index (χ4n) is 9.38. The van der Waals surface area contributed by atoms with E-state index in [4.69, 9.17) is 10.8 Å². The first-order valence-corrected chi connectivity index (χ1v) is 20.6. The van der Waals surface area contributed by atoms with E-state index in [1.165, 1.54) is 93.6 Å². The van der Waals surface area contributed by atoms with Gasteiger partial charge in [-0.3, -0.25) is 4.79 Å². The van der Waals surface area contributed by atoms with Crippen LogP contribution >= 0.6 is 11.3 Å². The van der Waals surface area contributed by atoms with Crippen molar-refractivity contribution in [3.8, 4) is 0 Å². The number of benzene rings is 1. The fraction of sp³-hybridized carbons (Fsp3) is 0.795.